The summed E-state index contributed by atoms with van der Waals surface area (Å²) in [5.41, 5.74) is 0.999. The molecular weight excluding hydrogens is 372 g/mol. The molecule has 1 N–H and O–H groups in total. The maximum atomic E-state index is 12.4. The van der Waals surface area contributed by atoms with E-state index in [4.69, 9.17) is 4.74 Å². The van der Waals surface area contributed by atoms with Crippen LogP contribution in [0.15, 0.2) is 53.4 Å². The number of carbonyl (C=O) groups is 2. The van der Waals surface area contributed by atoms with Crippen LogP contribution in [0.3, 0.4) is 0 Å². The third-order valence-electron chi connectivity index (χ3n) is 4.12. The van der Waals surface area contributed by atoms with Crippen molar-refractivity contribution in [3.63, 3.8) is 0 Å². The van der Waals surface area contributed by atoms with Crippen LogP contribution in [0.5, 0.6) is 5.75 Å². The molecule has 2 rings (SSSR count). The van der Waals surface area contributed by atoms with Gasteiger partial charge >= 0.3 is 5.97 Å². The van der Waals surface area contributed by atoms with Crippen molar-refractivity contribution in [3.8, 4) is 5.75 Å². The number of carbonyl (C=O) groups excluding carboxylic acids is 1. The van der Waals surface area contributed by atoms with Gasteiger partial charge in [-0.3, -0.25) is 4.79 Å². The fourth-order valence-corrected chi connectivity index (χ4v) is 3.18. The van der Waals surface area contributed by atoms with E-state index in [-0.39, 0.29) is 5.78 Å². The first-order valence-electron chi connectivity index (χ1n) is 9.21. The minimum absolute atomic E-state index is 0.0583. The first kappa shape index (κ1) is 21.8. The molecule has 0 aliphatic rings. The van der Waals surface area contributed by atoms with Crippen LogP contribution in [-0.4, -0.2) is 28.2 Å². The van der Waals surface area contributed by atoms with Crippen molar-refractivity contribution >= 4 is 29.6 Å². The molecule has 0 atom stereocenters. The molecule has 0 radical (unpaired) electrons. The molecule has 0 fully saturated rings. The predicted molar refractivity (Wildman–Crippen MR) is 114 cm³/mol. The minimum Gasteiger partial charge on any atom is -0.478 e. The first-order valence-corrected chi connectivity index (χ1v) is 10.2. The first-order chi connectivity index (χ1) is 13.2. The van der Waals surface area contributed by atoms with Gasteiger partial charge in [-0.15, -0.1) is 11.8 Å². The van der Waals surface area contributed by atoms with Gasteiger partial charge in [0.1, 0.15) is 5.75 Å². The zero-order valence-corrected chi connectivity index (χ0v) is 17.5. The third-order valence-corrected chi connectivity index (χ3v) is 5.34. The smallest absolute Gasteiger partial charge is 0.347 e. The lowest BCUT2D eigenvalue weighted by atomic mass is 10.1. The van der Waals surface area contributed by atoms with Crippen LogP contribution < -0.4 is 4.74 Å². The quantitative estimate of drug-likeness (QED) is 0.337. The largest absolute Gasteiger partial charge is 0.478 e. The number of allylic oxidation sites excluding steroid dienone is 1. The normalized spacial score (nSPS) is 11.6. The highest BCUT2D eigenvalue weighted by atomic mass is 32.2. The van der Waals surface area contributed by atoms with Gasteiger partial charge in [-0.25, -0.2) is 4.79 Å². The summed E-state index contributed by atoms with van der Waals surface area (Å²) in [5.74, 6) is 0.490. The zero-order chi connectivity index (χ0) is 20.7. The van der Waals surface area contributed by atoms with Crippen LogP contribution in [-0.2, 0) is 4.79 Å². The molecule has 28 heavy (non-hydrogen) atoms. The second kappa shape index (κ2) is 9.60. The fraction of sp³-hybridized carbons (Fsp3) is 0.304. The number of hydrogen-bond acceptors (Lipinski definition) is 4. The van der Waals surface area contributed by atoms with E-state index < -0.39 is 11.6 Å². The Labute approximate surface area is 170 Å². The van der Waals surface area contributed by atoms with Crippen molar-refractivity contribution < 1.29 is 19.4 Å². The minimum atomic E-state index is -1.31. The van der Waals surface area contributed by atoms with E-state index in [1.165, 1.54) is 13.8 Å². The summed E-state index contributed by atoms with van der Waals surface area (Å²) in [4.78, 5) is 24.8. The summed E-state index contributed by atoms with van der Waals surface area (Å²) >= 11 is 1.78. The molecule has 0 saturated carbocycles. The Hall–Kier alpha value is -2.53. The molecule has 0 aliphatic heterocycles. The van der Waals surface area contributed by atoms with Gasteiger partial charge in [0.2, 0.25) is 0 Å². The van der Waals surface area contributed by atoms with Gasteiger partial charge < -0.3 is 9.84 Å². The van der Waals surface area contributed by atoms with Crippen LogP contribution >= 0.6 is 11.8 Å². The molecule has 4 nitrogen and oxygen atoms in total. The van der Waals surface area contributed by atoms with Crippen LogP contribution in [0, 0.1) is 6.92 Å². The molecule has 0 bridgehead atoms. The maximum absolute atomic E-state index is 12.4. The maximum Gasteiger partial charge on any atom is 0.347 e. The Morgan fingerprint density at radius 3 is 2.39 bits per heavy atom. The Morgan fingerprint density at radius 2 is 1.82 bits per heavy atom. The number of ether oxygens (including phenoxy) is 1. The number of aryl methyl sites for hydroxylation is 1. The van der Waals surface area contributed by atoms with E-state index in [1.807, 2.05) is 37.3 Å². The number of rotatable bonds is 9. The predicted octanol–water partition coefficient (Wildman–Crippen LogP) is 5.64. The average Bonchev–Trinajstić information content (AvgIpc) is 2.66. The standard InChI is InChI=1S/C23H26O4S/c1-5-14-28-19-10-8-18(9-11-19)20(24)12-6-17-7-13-21(16(2)15-17)27-23(3,4)22(25)26/h6-13,15H,5,14H2,1-4H3,(H,25,26)/b12-6+. The molecule has 0 amide bonds. The van der Waals surface area contributed by atoms with Gasteiger partial charge in [0.25, 0.3) is 0 Å². The van der Waals surface area contributed by atoms with Gasteiger partial charge in [-0.05, 0) is 86.5 Å². The highest BCUT2D eigenvalue weighted by Crippen LogP contribution is 2.25. The van der Waals surface area contributed by atoms with Crippen LogP contribution in [0.1, 0.15) is 48.7 Å². The molecule has 0 aromatic heterocycles. The number of hydrogen-bond donors (Lipinski definition) is 1. The highest BCUT2D eigenvalue weighted by Gasteiger charge is 2.29. The SMILES string of the molecule is CCCSc1ccc(C(=O)/C=C/c2ccc(OC(C)(C)C(=O)O)c(C)c2)cc1. The Balaban J connectivity index is 2.06. The highest BCUT2D eigenvalue weighted by molar-refractivity contribution is 7.99. The van der Waals surface area contributed by atoms with Crippen molar-refractivity contribution in [2.45, 2.75) is 44.6 Å². The summed E-state index contributed by atoms with van der Waals surface area (Å²) < 4.78 is 5.59. The second-order valence-electron chi connectivity index (χ2n) is 7.01. The number of ketones is 1. The monoisotopic (exact) mass is 398 g/mol. The molecule has 0 saturated heterocycles. The molecule has 5 heteroatoms. The van der Waals surface area contributed by atoms with Gasteiger partial charge in [0, 0.05) is 10.5 Å². The molecule has 0 aliphatic carbocycles. The second-order valence-corrected chi connectivity index (χ2v) is 8.18. The molecular formula is C23H26O4S. The van der Waals surface area contributed by atoms with Gasteiger partial charge in [0.15, 0.2) is 11.4 Å². The molecule has 2 aromatic carbocycles. The number of carboxylic acid groups (broad SMARTS) is 1. The lowest BCUT2D eigenvalue weighted by Gasteiger charge is -2.22. The molecule has 2 aromatic rings. The Bertz CT molecular complexity index is 867. The third kappa shape index (κ3) is 5.99. The van der Waals surface area contributed by atoms with Gasteiger partial charge in [-0.1, -0.05) is 19.1 Å². The van der Waals surface area contributed by atoms with E-state index >= 15 is 0 Å². The van der Waals surface area contributed by atoms with Crippen LogP contribution in [0.4, 0.5) is 0 Å². The van der Waals surface area contributed by atoms with Crippen LogP contribution in [0.25, 0.3) is 6.08 Å². The summed E-state index contributed by atoms with van der Waals surface area (Å²) in [6, 6.07) is 13.0. The Kier molecular flexibility index (Phi) is 7.46. The van der Waals surface area contributed by atoms with Crippen LogP contribution in [0.2, 0.25) is 0 Å². The molecule has 0 unspecified atom stereocenters. The summed E-state index contributed by atoms with van der Waals surface area (Å²) in [6.07, 6.45) is 4.41. The van der Waals surface area contributed by atoms with Crippen molar-refractivity contribution in [1.82, 2.24) is 0 Å². The van der Waals surface area contributed by atoms with E-state index in [9.17, 15) is 14.7 Å². The summed E-state index contributed by atoms with van der Waals surface area (Å²) in [7, 11) is 0. The lowest BCUT2D eigenvalue weighted by molar-refractivity contribution is -0.152. The topological polar surface area (TPSA) is 63.6 Å². The van der Waals surface area contributed by atoms with Gasteiger partial charge in [-0.2, -0.15) is 0 Å². The number of thioether (sulfide) groups is 1. The summed E-state index contributed by atoms with van der Waals surface area (Å²) in [6.45, 7) is 7.00. The molecule has 148 valence electrons. The number of carboxylic acids is 1. The number of benzene rings is 2. The van der Waals surface area contributed by atoms with E-state index in [2.05, 4.69) is 6.92 Å². The number of aliphatic carboxylic acids is 1. The van der Waals surface area contributed by atoms with Crippen molar-refractivity contribution in [2.24, 2.45) is 0 Å². The molecule has 0 spiro atoms. The molecule has 0 heterocycles. The zero-order valence-electron chi connectivity index (χ0n) is 16.7. The lowest BCUT2D eigenvalue weighted by Crippen LogP contribution is -2.38. The fourth-order valence-electron chi connectivity index (χ4n) is 2.41. The van der Waals surface area contributed by atoms with Gasteiger partial charge in [0.05, 0.1) is 0 Å². The van der Waals surface area contributed by atoms with E-state index in [0.29, 0.717) is 11.3 Å². The van der Waals surface area contributed by atoms with Crippen molar-refractivity contribution in [1.29, 1.82) is 0 Å². The van der Waals surface area contributed by atoms with E-state index in [0.717, 1.165) is 28.2 Å². The summed E-state index contributed by atoms with van der Waals surface area (Å²) in [5, 5.41) is 9.19. The Morgan fingerprint density at radius 1 is 1.14 bits per heavy atom. The average molecular weight is 399 g/mol. The van der Waals surface area contributed by atoms with Crippen molar-refractivity contribution in [2.75, 3.05) is 5.75 Å². The van der Waals surface area contributed by atoms with Crippen molar-refractivity contribution in [3.05, 3.63) is 65.2 Å². The van der Waals surface area contributed by atoms with E-state index in [1.54, 1.807) is 36.0 Å².